The Labute approximate surface area is 239 Å². The number of hydrogen-bond donors (Lipinski definition) is 1. The molecule has 0 saturated carbocycles. The van der Waals surface area contributed by atoms with E-state index in [0.29, 0.717) is 5.92 Å². The number of rotatable bonds is 9. The van der Waals surface area contributed by atoms with Crippen LogP contribution in [0.4, 0.5) is 0 Å². The van der Waals surface area contributed by atoms with E-state index in [1.807, 2.05) is 7.05 Å². The molecule has 1 aliphatic carbocycles. The van der Waals surface area contributed by atoms with Crippen molar-refractivity contribution in [2.45, 2.75) is 26.7 Å². The Kier molecular flexibility index (Phi) is 8.88. The van der Waals surface area contributed by atoms with Gasteiger partial charge in [0.15, 0.2) is 0 Å². The quantitative estimate of drug-likeness (QED) is 0.218. The number of aliphatic imine (C=N–C) groups is 1. The summed E-state index contributed by atoms with van der Waals surface area (Å²) in [7, 11) is 1.90. The lowest BCUT2D eigenvalue weighted by Crippen LogP contribution is -2.24. The molecule has 0 aliphatic heterocycles. The van der Waals surface area contributed by atoms with Gasteiger partial charge in [-0.15, -0.1) is 0 Å². The molecule has 0 aromatic heterocycles. The second kappa shape index (κ2) is 13.1. The predicted octanol–water partition coefficient (Wildman–Crippen LogP) is 9.15. The highest BCUT2D eigenvalue weighted by atomic mass is 14.9. The van der Waals surface area contributed by atoms with Crippen molar-refractivity contribution in [3.8, 4) is 11.1 Å². The van der Waals surface area contributed by atoms with Crippen LogP contribution in [0.1, 0.15) is 42.0 Å². The fourth-order valence-electron chi connectivity index (χ4n) is 5.35. The third-order valence-electron chi connectivity index (χ3n) is 7.61. The van der Waals surface area contributed by atoms with Crippen molar-refractivity contribution in [3.63, 3.8) is 0 Å². The summed E-state index contributed by atoms with van der Waals surface area (Å²) < 4.78 is 0. The van der Waals surface area contributed by atoms with E-state index in [-0.39, 0.29) is 0 Å². The summed E-state index contributed by atoms with van der Waals surface area (Å²) in [5.74, 6) is 0.421. The van der Waals surface area contributed by atoms with E-state index in [1.54, 1.807) is 0 Å². The highest BCUT2D eigenvalue weighted by Crippen LogP contribution is 2.28. The van der Waals surface area contributed by atoms with E-state index < -0.39 is 0 Å². The first-order valence-corrected chi connectivity index (χ1v) is 14.3. The fourth-order valence-corrected chi connectivity index (χ4v) is 5.35. The molecular formula is C38H38N2. The smallest absolute Gasteiger partial charge is 0.0695 e. The van der Waals surface area contributed by atoms with Gasteiger partial charge in [0.25, 0.3) is 0 Å². The van der Waals surface area contributed by atoms with Gasteiger partial charge in [0.2, 0.25) is 0 Å². The Bertz CT molecular complexity index is 1520. The molecule has 2 nitrogen and oxygen atoms in total. The van der Waals surface area contributed by atoms with Crippen LogP contribution in [0, 0.1) is 12.8 Å². The summed E-state index contributed by atoms with van der Waals surface area (Å²) in [5.41, 5.74) is 12.1. The molecule has 0 radical (unpaired) electrons. The lowest BCUT2D eigenvalue weighted by Gasteiger charge is -2.23. The summed E-state index contributed by atoms with van der Waals surface area (Å²) in [5, 5.41) is 3.88. The van der Waals surface area contributed by atoms with Crippen molar-refractivity contribution in [2.24, 2.45) is 10.9 Å². The van der Waals surface area contributed by atoms with E-state index in [1.165, 1.54) is 39.0 Å². The monoisotopic (exact) mass is 522 g/mol. The van der Waals surface area contributed by atoms with Crippen LogP contribution in [-0.2, 0) is 0 Å². The minimum atomic E-state index is 0.421. The number of allylic oxidation sites excluding steroid dienone is 4. The van der Waals surface area contributed by atoms with Crippen LogP contribution in [0.2, 0.25) is 0 Å². The van der Waals surface area contributed by atoms with Gasteiger partial charge in [-0.1, -0.05) is 140 Å². The molecule has 0 fully saturated rings. The third-order valence-corrected chi connectivity index (χ3v) is 7.61. The molecule has 0 heterocycles. The second-order valence-corrected chi connectivity index (χ2v) is 10.4. The maximum atomic E-state index is 4.78. The summed E-state index contributed by atoms with van der Waals surface area (Å²) in [6, 6.07) is 38.8. The number of benzene rings is 4. The average Bonchev–Trinajstić information content (AvgIpc) is 3.02. The molecular weight excluding hydrogens is 484 g/mol. The number of aryl methyl sites for hydroxylation is 1. The van der Waals surface area contributed by atoms with Gasteiger partial charge in [-0.2, -0.15) is 0 Å². The molecule has 0 spiro atoms. The highest BCUT2D eigenvalue weighted by Gasteiger charge is 2.17. The molecule has 4 aromatic rings. The Hall–Kier alpha value is -4.43. The van der Waals surface area contributed by atoms with Crippen molar-refractivity contribution < 1.29 is 0 Å². The zero-order valence-corrected chi connectivity index (χ0v) is 23.8. The average molecular weight is 523 g/mol. The van der Waals surface area contributed by atoms with E-state index in [2.05, 4.69) is 147 Å². The van der Waals surface area contributed by atoms with Crippen LogP contribution in [0.3, 0.4) is 0 Å². The van der Waals surface area contributed by atoms with Gasteiger partial charge in [-0.3, -0.25) is 4.99 Å². The Morgan fingerprint density at radius 1 is 0.750 bits per heavy atom. The molecule has 1 aliphatic rings. The highest BCUT2D eigenvalue weighted by molar-refractivity contribution is 6.16. The van der Waals surface area contributed by atoms with Crippen molar-refractivity contribution in [1.82, 2.24) is 5.32 Å². The van der Waals surface area contributed by atoms with Crippen molar-refractivity contribution >= 4 is 17.0 Å². The van der Waals surface area contributed by atoms with Crippen LogP contribution in [0.15, 0.2) is 138 Å². The molecule has 5 rings (SSSR count). The van der Waals surface area contributed by atoms with Crippen molar-refractivity contribution in [3.05, 3.63) is 155 Å². The largest absolute Gasteiger partial charge is 0.384 e. The number of hydrogen-bond acceptors (Lipinski definition) is 2. The normalized spacial score (nSPS) is 15.8. The first-order valence-electron chi connectivity index (χ1n) is 14.3. The molecule has 0 saturated heterocycles. The number of nitrogens with one attached hydrogen (secondary N) is 1. The van der Waals surface area contributed by atoms with Crippen LogP contribution in [0.5, 0.6) is 0 Å². The first kappa shape index (κ1) is 27.1. The lowest BCUT2D eigenvalue weighted by molar-refractivity contribution is 0.625. The van der Waals surface area contributed by atoms with Crippen molar-refractivity contribution in [1.29, 1.82) is 0 Å². The Morgan fingerprint density at radius 2 is 1.38 bits per heavy atom. The van der Waals surface area contributed by atoms with Crippen LogP contribution in [-0.4, -0.2) is 19.3 Å². The zero-order chi connectivity index (χ0) is 27.7. The minimum Gasteiger partial charge on any atom is -0.384 e. The SMILES string of the molecule is CCC(C(=NC)c1ccccc1)=C(NCC1C=CC(c2ccc(C)cc2)=CC1)c1ccc(-c2ccccc2)cc1. The van der Waals surface area contributed by atoms with Crippen LogP contribution in [0.25, 0.3) is 22.4 Å². The summed E-state index contributed by atoms with van der Waals surface area (Å²) in [4.78, 5) is 4.78. The van der Waals surface area contributed by atoms with E-state index in [4.69, 9.17) is 4.99 Å². The van der Waals surface area contributed by atoms with Gasteiger partial charge in [-0.25, -0.2) is 0 Å². The van der Waals surface area contributed by atoms with Gasteiger partial charge in [0.1, 0.15) is 0 Å². The maximum absolute atomic E-state index is 4.78. The molecule has 1 N–H and O–H groups in total. The van der Waals surface area contributed by atoms with Gasteiger partial charge >= 0.3 is 0 Å². The van der Waals surface area contributed by atoms with Crippen molar-refractivity contribution in [2.75, 3.05) is 13.6 Å². The van der Waals surface area contributed by atoms with E-state index in [0.717, 1.165) is 36.4 Å². The lowest BCUT2D eigenvalue weighted by atomic mass is 9.91. The maximum Gasteiger partial charge on any atom is 0.0695 e. The minimum absolute atomic E-state index is 0.421. The first-order chi connectivity index (χ1) is 19.7. The predicted molar refractivity (Wildman–Crippen MR) is 172 cm³/mol. The van der Waals surface area contributed by atoms with Gasteiger partial charge in [0, 0.05) is 24.9 Å². The van der Waals surface area contributed by atoms with E-state index in [9.17, 15) is 0 Å². The molecule has 2 heteroatoms. The zero-order valence-electron chi connectivity index (χ0n) is 23.8. The molecule has 0 amide bonds. The molecule has 200 valence electrons. The molecule has 40 heavy (non-hydrogen) atoms. The summed E-state index contributed by atoms with van der Waals surface area (Å²) in [6.45, 7) is 5.22. The summed E-state index contributed by atoms with van der Waals surface area (Å²) >= 11 is 0. The van der Waals surface area contributed by atoms with Gasteiger partial charge in [0.05, 0.1) is 5.71 Å². The molecule has 1 unspecified atom stereocenters. The molecule has 1 atom stereocenters. The van der Waals surface area contributed by atoms with Crippen LogP contribution < -0.4 is 5.32 Å². The fraction of sp³-hybridized carbons (Fsp3) is 0.184. The second-order valence-electron chi connectivity index (χ2n) is 10.4. The van der Waals surface area contributed by atoms with Gasteiger partial charge < -0.3 is 5.32 Å². The molecule has 4 aromatic carbocycles. The standard InChI is InChI=1S/C38H38N2/c1-4-36(37(39-3)34-13-9-6-10-14-34)38(35-25-23-33(24-26-35)30-11-7-5-8-12-30)40-27-29-17-21-32(22-18-29)31-19-15-28(2)16-20-31/h5-17,19-26,29,40H,4,18,27H2,1-3H3. The van der Waals surface area contributed by atoms with E-state index >= 15 is 0 Å². The third kappa shape index (κ3) is 6.40. The Balaban J connectivity index is 1.43. The van der Waals surface area contributed by atoms with Gasteiger partial charge in [-0.05, 0) is 59.1 Å². The van der Waals surface area contributed by atoms with Crippen LogP contribution >= 0.6 is 0 Å². The topological polar surface area (TPSA) is 24.4 Å². The summed E-state index contributed by atoms with van der Waals surface area (Å²) in [6.07, 6.45) is 8.90. The Morgan fingerprint density at radius 3 is 1.98 bits per heavy atom. The number of nitrogens with zero attached hydrogens (tertiary/aromatic N) is 1. The molecule has 0 bridgehead atoms.